The van der Waals surface area contributed by atoms with Crippen LogP contribution in [0.4, 0.5) is 5.69 Å². The lowest BCUT2D eigenvalue weighted by molar-refractivity contribution is 0.217. The molecule has 0 amide bonds. The fourth-order valence-electron chi connectivity index (χ4n) is 1.61. The number of aliphatic hydroxyl groups excluding tert-OH is 2. The summed E-state index contributed by atoms with van der Waals surface area (Å²) < 4.78 is 25.8. The zero-order chi connectivity index (χ0) is 13.6. The first kappa shape index (κ1) is 14.9. The number of para-hydroxylation sites is 1. The Morgan fingerprint density at radius 1 is 1.17 bits per heavy atom. The maximum atomic E-state index is 12.4. The highest BCUT2D eigenvalue weighted by molar-refractivity contribution is 7.89. The van der Waals surface area contributed by atoms with Crippen molar-refractivity contribution in [3.8, 4) is 0 Å². The van der Waals surface area contributed by atoms with Crippen LogP contribution in [0.2, 0.25) is 0 Å². The minimum absolute atomic E-state index is 0.0407. The third kappa shape index (κ3) is 3.20. The molecule has 0 aliphatic carbocycles. The van der Waals surface area contributed by atoms with E-state index in [1.807, 2.05) is 0 Å². The average molecular weight is 274 g/mol. The van der Waals surface area contributed by atoms with Crippen LogP contribution in [0.1, 0.15) is 0 Å². The molecular formula is C11H18N2O4S. The van der Waals surface area contributed by atoms with E-state index < -0.39 is 10.0 Å². The molecule has 0 bridgehead atoms. The number of hydrogen-bond acceptors (Lipinski definition) is 5. The van der Waals surface area contributed by atoms with Gasteiger partial charge in [0, 0.05) is 20.1 Å². The Labute approximate surface area is 107 Å². The molecule has 18 heavy (non-hydrogen) atoms. The first-order chi connectivity index (χ1) is 8.57. The van der Waals surface area contributed by atoms with E-state index in [4.69, 9.17) is 10.2 Å². The molecule has 102 valence electrons. The van der Waals surface area contributed by atoms with Gasteiger partial charge in [-0.15, -0.1) is 0 Å². The quantitative estimate of drug-likeness (QED) is 0.635. The Hall–Kier alpha value is -1.15. The first-order valence-electron chi connectivity index (χ1n) is 5.56. The summed E-state index contributed by atoms with van der Waals surface area (Å²) >= 11 is 0. The van der Waals surface area contributed by atoms with Crippen molar-refractivity contribution in [2.75, 3.05) is 38.7 Å². The van der Waals surface area contributed by atoms with Gasteiger partial charge in [0.25, 0.3) is 0 Å². The van der Waals surface area contributed by atoms with Crippen molar-refractivity contribution in [2.24, 2.45) is 0 Å². The van der Waals surface area contributed by atoms with Gasteiger partial charge in [0.05, 0.1) is 18.9 Å². The third-order valence-corrected chi connectivity index (χ3v) is 4.43. The zero-order valence-electron chi connectivity index (χ0n) is 10.2. The second-order valence-corrected chi connectivity index (χ2v) is 5.50. The SMILES string of the molecule is CNc1ccccc1S(=O)(=O)N(CCO)CCO. The molecule has 0 saturated heterocycles. The smallest absolute Gasteiger partial charge is 0.245 e. The standard InChI is InChI=1S/C11H18N2O4S/c1-12-10-4-2-3-5-11(10)18(16,17)13(6-8-14)7-9-15/h2-5,12,14-15H,6-9H2,1H3. The second-order valence-electron chi connectivity index (χ2n) is 3.60. The summed E-state index contributed by atoms with van der Waals surface area (Å²) in [4.78, 5) is 0.134. The monoisotopic (exact) mass is 274 g/mol. The van der Waals surface area contributed by atoms with Gasteiger partial charge in [-0.2, -0.15) is 4.31 Å². The minimum Gasteiger partial charge on any atom is -0.395 e. The summed E-state index contributed by atoms with van der Waals surface area (Å²) in [5.41, 5.74) is 0.485. The number of aliphatic hydroxyl groups is 2. The lowest BCUT2D eigenvalue weighted by Gasteiger charge is -2.21. The Kier molecular flexibility index (Phi) is 5.54. The van der Waals surface area contributed by atoms with Crippen LogP contribution < -0.4 is 5.32 Å². The predicted octanol–water partition coefficient (Wildman–Crippen LogP) is -0.296. The van der Waals surface area contributed by atoms with Gasteiger partial charge in [-0.25, -0.2) is 8.42 Å². The summed E-state index contributed by atoms with van der Waals surface area (Å²) in [6.07, 6.45) is 0. The third-order valence-electron chi connectivity index (χ3n) is 2.47. The van der Waals surface area contributed by atoms with E-state index in [1.54, 1.807) is 25.2 Å². The summed E-state index contributed by atoms with van der Waals surface area (Å²) in [5.74, 6) is 0. The van der Waals surface area contributed by atoms with Crippen molar-refractivity contribution in [2.45, 2.75) is 4.90 Å². The molecule has 7 heteroatoms. The molecule has 0 fully saturated rings. The molecule has 0 aliphatic rings. The van der Waals surface area contributed by atoms with E-state index in [9.17, 15) is 8.42 Å². The highest BCUT2D eigenvalue weighted by Gasteiger charge is 2.25. The fraction of sp³-hybridized carbons (Fsp3) is 0.455. The van der Waals surface area contributed by atoms with Crippen LogP contribution in [-0.4, -0.2) is 56.3 Å². The molecule has 0 spiro atoms. The van der Waals surface area contributed by atoms with Crippen LogP contribution in [0.15, 0.2) is 29.2 Å². The number of sulfonamides is 1. The fourth-order valence-corrected chi connectivity index (χ4v) is 3.23. The summed E-state index contributed by atoms with van der Waals surface area (Å²) in [6.45, 7) is -0.663. The van der Waals surface area contributed by atoms with Crippen molar-refractivity contribution >= 4 is 15.7 Å². The van der Waals surface area contributed by atoms with E-state index in [1.165, 1.54) is 6.07 Å². The van der Waals surface area contributed by atoms with Gasteiger partial charge in [-0.3, -0.25) is 0 Å². The Balaban J connectivity index is 3.17. The molecule has 6 nitrogen and oxygen atoms in total. The van der Waals surface area contributed by atoms with Crippen LogP contribution in [0.3, 0.4) is 0 Å². The molecule has 0 radical (unpaired) electrons. The van der Waals surface area contributed by atoms with Crippen molar-refractivity contribution in [1.29, 1.82) is 0 Å². The highest BCUT2D eigenvalue weighted by atomic mass is 32.2. The maximum Gasteiger partial charge on any atom is 0.245 e. The highest BCUT2D eigenvalue weighted by Crippen LogP contribution is 2.23. The van der Waals surface area contributed by atoms with E-state index in [0.29, 0.717) is 5.69 Å². The van der Waals surface area contributed by atoms with Crippen LogP contribution in [0.5, 0.6) is 0 Å². The number of rotatable bonds is 7. The van der Waals surface area contributed by atoms with E-state index >= 15 is 0 Å². The number of anilines is 1. The zero-order valence-corrected chi connectivity index (χ0v) is 11.0. The predicted molar refractivity (Wildman–Crippen MR) is 68.9 cm³/mol. The Morgan fingerprint density at radius 3 is 2.22 bits per heavy atom. The molecule has 1 aromatic rings. The van der Waals surface area contributed by atoms with Gasteiger partial charge in [-0.1, -0.05) is 12.1 Å². The molecule has 3 N–H and O–H groups in total. The summed E-state index contributed by atoms with van der Waals surface area (Å²) in [7, 11) is -2.08. The van der Waals surface area contributed by atoms with Crippen LogP contribution in [0.25, 0.3) is 0 Å². The summed E-state index contributed by atoms with van der Waals surface area (Å²) in [5, 5.41) is 20.6. The molecule has 0 unspecified atom stereocenters. The number of benzene rings is 1. The van der Waals surface area contributed by atoms with E-state index in [-0.39, 0.29) is 31.2 Å². The van der Waals surface area contributed by atoms with E-state index in [2.05, 4.69) is 5.32 Å². The number of nitrogens with one attached hydrogen (secondary N) is 1. The average Bonchev–Trinajstić information content (AvgIpc) is 2.38. The maximum absolute atomic E-state index is 12.4. The molecule has 1 aromatic carbocycles. The van der Waals surface area contributed by atoms with Crippen LogP contribution >= 0.6 is 0 Å². The van der Waals surface area contributed by atoms with Crippen molar-refractivity contribution in [1.82, 2.24) is 4.31 Å². The van der Waals surface area contributed by atoms with E-state index in [0.717, 1.165) is 4.31 Å². The molecule has 0 heterocycles. The van der Waals surface area contributed by atoms with Gasteiger partial charge in [0.15, 0.2) is 0 Å². The molecule has 0 atom stereocenters. The van der Waals surface area contributed by atoms with Crippen LogP contribution in [0, 0.1) is 0 Å². The lowest BCUT2D eigenvalue weighted by atomic mass is 10.3. The molecule has 0 aliphatic heterocycles. The van der Waals surface area contributed by atoms with Gasteiger partial charge in [0.2, 0.25) is 10.0 Å². The van der Waals surface area contributed by atoms with Gasteiger partial charge in [-0.05, 0) is 12.1 Å². The second kappa shape index (κ2) is 6.69. The molecule has 0 saturated carbocycles. The Morgan fingerprint density at radius 2 is 1.72 bits per heavy atom. The van der Waals surface area contributed by atoms with Crippen LogP contribution in [-0.2, 0) is 10.0 Å². The number of nitrogens with zero attached hydrogens (tertiary/aromatic N) is 1. The largest absolute Gasteiger partial charge is 0.395 e. The van der Waals surface area contributed by atoms with Crippen molar-refractivity contribution < 1.29 is 18.6 Å². The lowest BCUT2D eigenvalue weighted by Crippen LogP contribution is -2.36. The first-order valence-corrected chi connectivity index (χ1v) is 7.00. The Bertz CT molecular complexity index is 470. The summed E-state index contributed by atoms with van der Waals surface area (Å²) in [6, 6.07) is 6.50. The van der Waals surface area contributed by atoms with Crippen molar-refractivity contribution in [3.05, 3.63) is 24.3 Å². The minimum atomic E-state index is -3.72. The normalized spacial score (nSPS) is 11.8. The molecular weight excluding hydrogens is 256 g/mol. The van der Waals surface area contributed by atoms with Gasteiger partial charge in [0.1, 0.15) is 4.90 Å². The number of hydrogen-bond donors (Lipinski definition) is 3. The molecule has 1 rings (SSSR count). The molecule has 0 aromatic heterocycles. The van der Waals surface area contributed by atoms with Crippen molar-refractivity contribution in [3.63, 3.8) is 0 Å². The van der Waals surface area contributed by atoms with Gasteiger partial charge < -0.3 is 15.5 Å². The topological polar surface area (TPSA) is 89.9 Å². The van der Waals surface area contributed by atoms with Gasteiger partial charge >= 0.3 is 0 Å².